The van der Waals surface area contributed by atoms with Crippen molar-refractivity contribution in [2.45, 2.75) is 19.2 Å². The number of rotatable bonds is 8. The first-order valence-electron chi connectivity index (χ1n) is 7.18. The van der Waals surface area contributed by atoms with Crippen LogP contribution in [0.3, 0.4) is 0 Å². The van der Waals surface area contributed by atoms with E-state index in [0.717, 1.165) is 11.3 Å². The maximum Gasteiger partial charge on any atom is 0.165 e. The molecule has 0 aliphatic heterocycles. The smallest absolute Gasteiger partial charge is 0.165 e. The predicted molar refractivity (Wildman–Crippen MR) is 84.1 cm³/mol. The SMILES string of the molecule is COc1cccc(CN(C)CC(O)Cn2cccn2)c1OC. The maximum absolute atomic E-state index is 10.1. The zero-order valence-corrected chi connectivity index (χ0v) is 13.3. The van der Waals surface area contributed by atoms with E-state index in [1.54, 1.807) is 25.1 Å². The number of aliphatic hydroxyl groups excluding tert-OH is 1. The van der Waals surface area contributed by atoms with Gasteiger partial charge in [-0.05, 0) is 19.2 Å². The Morgan fingerprint density at radius 1 is 1.27 bits per heavy atom. The molecule has 0 spiro atoms. The number of benzene rings is 1. The van der Waals surface area contributed by atoms with E-state index in [4.69, 9.17) is 9.47 Å². The molecule has 120 valence electrons. The molecule has 0 saturated carbocycles. The first-order chi connectivity index (χ1) is 10.6. The summed E-state index contributed by atoms with van der Waals surface area (Å²) in [5.74, 6) is 1.45. The van der Waals surface area contributed by atoms with E-state index in [1.807, 2.05) is 42.4 Å². The Morgan fingerprint density at radius 3 is 2.73 bits per heavy atom. The van der Waals surface area contributed by atoms with Gasteiger partial charge >= 0.3 is 0 Å². The van der Waals surface area contributed by atoms with Gasteiger partial charge in [0.2, 0.25) is 0 Å². The highest BCUT2D eigenvalue weighted by atomic mass is 16.5. The minimum absolute atomic E-state index is 0.479. The number of aliphatic hydroxyl groups is 1. The van der Waals surface area contributed by atoms with Crippen molar-refractivity contribution in [3.8, 4) is 11.5 Å². The van der Waals surface area contributed by atoms with Gasteiger partial charge in [0.15, 0.2) is 11.5 Å². The molecule has 1 heterocycles. The molecule has 0 amide bonds. The van der Waals surface area contributed by atoms with Crippen molar-refractivity contribution in [3.05, 3.63) is 42.2 Å². The molecule has 0 fully saturated rings. The molecule has 6 nitrogen and oxygen atoms in total. The van der Waals surface area contributed by atoms with Crippen LogP contribution in [0.1, 0.15) is 5.56 Å². The van der Waals surface area contributed by atoms with Gasteiger partial charge in [-0.1, -0.05) is 12.1 Å². The Morgan fingerprint density at radius 2 is 2.09 bits per heavy atom. The van der Waals surface area contributed by atoms with Gasteiger partial charge < -0.3 is 14.6 Å². The van der Waals surface area contributed by atoms with Crippen LogP contribution in [0.25, 0.3) is 0 Å². The Bertz CT molecular complexity index is 572. The minimum Gasteiger partial charge on any atom is -0.493 e. The van der Waals surface area contributed by atoms with Gasteiger partial charge in [0.25, 0.3) is 0 Å². The number of ether oxygens (including phenoxy) is 2. The van der Waals surface area contributed by atoms with Gasteiger partial charge in [-0.2, -0.15) is 5.10 Å². The highest BCUT2D eigenvalue weighted by Gasteiger charge is 2.14. The average molecular weight is 305 g/mol. The maximum atomic E-state index is 10.1. The molecule has 22 heavy (non-hydrogen) atoms. The van der Waals surface area contributed by atoms with Gasteiger partial charge in [0.05, 0.1) is 26.9 Å². The Labute approximate surface area is 130 Å². The molecule has 0 bridgehead atoms. The molecule has 1 N–H and O–H groups in total. The van der Waals surface area contributed by atoms with E-state index in [2.05, 4.69) is 5.10 Å². The zero-order chi connectivity index (χ0) is 15.9. The van der Waals surface area contributed by atoms with Crippen LogP contribution in [0.5, 0.6) is 11.5 Å². The summed E-state index contributed by atoms with van der Waals surface area (Å²) in [6.45, 7) is 1.68. The third-order valence-corrected chi connectivity index (χ3v) is 3.40. The number of hydrogen-bond donors (Lipinski definition) is 1. The van der Waals surface area contributed by atoms with Crippen molar-refractivity contribution in [2.24, 2.45) is 0 Å². The van der Waals surface area contributed by atoms with Crippen LogP contribution < -0.4 is 9.47 Å². The Kier molecular flexibility index (Phi) is 5.80. The predicted octanol–water partition coefficient (Wildman–Crippen LogP) is 1.39. The number of nitrogens with zero attached hydrogens (tertiary/aromatic N) is 3. The normalized spacial score (nSPS) is 12.4. The third-order valence-electron chi connectivity index (χ3n) is 3.40. The number of aromatic nitrogens is 2. The quantitative estimate of drug-likeness (QED) is 0.799. The lowest BCUT2D eigenvalue weighted by Crippen LogP contribution is -2.32. The zero-order valence-electron chi connectivity index (χ0n) is 13.3. The average Bonchev–Trinajstić information content (AvgIpc) is 2.99. The second-order valence-electron chi connectivity index (χ2n) is 5.23. The van der Waals surface area contributed by atoms with Crippen molar-refractivity contribution < 1.29 is 14.6 Å². The van der Waals surface area contributed by atoms with Crippen molar-refractivity contribution in [3.63, 3.8) is 0 Å². The highest BCUT2D eigenvalue weighted by Crippen LogP contribution is 2.31. The number of likely N-dealkylation sites (N-methyl/N-ethyl adjacent to an activating group) is 1. The molecule has 1 unspecified atom stereocenters. The van der Waals surface area contributed by atoms with Crippen LogP contribution in [0.15, 0.2) is 36.7 Å². The standard InChI is InChI=1S/C16H23N3O3/c1-18(11-14(20)12-19-9-5-8-17-19)10-13-6-4-7-15(21-2)16(13)22-3/h4-9,14,20H,10-12H2,1-3H3. The molecule has 1 aromatic carbocycles. The Balaban J connectivity index is 1.95. The highest BCUT2D eigenvalue weighted by molar-refractivity contribution is 5.46. The lowest BCUT2D eigenvalue weighted by atomic mass is 10.1. The van der Waals surface area contributed by atoms with E-state index in [-0.39, 0.29) is 0 Å². The van der Waals surface area contributed by atoms with E-state index in [9.17, 15) is 5.11 Å². The fourth-order valence-electron chi connectivity index (χ4n) is 2.48. The van der Waals surface area contributed by atoms with Crippen LogP contribution in [-0.4, -0.2) is 53.7 Å². The van der Waals surface area contributed by atoms with Gasteiger partial charge in [-0.3, -0.25) is 9.58 Å². The van der Waals surface area contributed by atoms with Gasteiger partial charge in [0, 0.05) is 31.0 Å². The van der Waals surface area contributed by atoms with Crippen LogP contribution in [0.2, 0.25) is 0 Å². The second kappa shape index (κ2) is 7.82. The van der Waals surface area contributed by atoms with Gasteiger partial charge in [-0.25, -0.2) is 0 Å². The minimum atomic E-state index is -0.485. The van der Waals surface area contributed by atoms with E-state index in [0.29, 0.717) is 25.4 Å². The monoisotopic (exact) mass is 305 g/mol. The summed E-state index contributed by atoms with van der Waals surface area (Å²) in [5.41, 5.74) is 1.02. The number of para-hydroxylation sites is 1. The summed E-state index contributed by atoms with van der Waals surface area (Å²) in [6, 6.07) is 7.65. The lowest BCUT2D eigenvalue weighted by molar-refractivity contribution is 0.103. The molecule has 0 aliphatic carbocycles. The molecule has 1 atom stereocenters. The molecule has 2 rings (SSSR count). The van der Waals surface area contributed by atoms with E-state index >= 15 is 0 Å². The fraction of sp³-hybridized carbons (Fsp3) is 0.438. The largest absolute Gasteiger partial charge is 0.493 e. The summed E-state index contributed by atoms with van der Waals surface area (Å²) in [4.78, 5) is 2.05. The van der Waals surface area contributed by atoms with Crippen molar-refractivity contribution in [2.75, 3.05) is 27.8 Å². The first-order valence-corrected chi connectivity index (χ1v) is 7.18. The molecule has 0 radical (unpaired) electrons. The molecular formula is C16H23N3O3. The van der Waals surface area contributed by atoms with E-state index in [1.165, 1.54) is 0 Å². The van der Waals surface area contributed by atoms with Crippen molar-refractivity contribution >= 4 is 0 Å². The summed E-state index contributed by atoms with van der Waals surface area (Å²) < 4.78 is 12.5. The topological polar surface area (TPSA) is 59.8 Å². The fourth-order valence-corrected chi connectivity index (χ4v) is 2.48. The summed E-state index contributed by atoms with van der Waals surface area (Å²) >= 11 is 0. The van der Waals surface area contributed by atoms with Crippen molar-refractivity contribution in [1.82, 2.24) is 14.7 Å². The first kappa shape index (κ1) is 16.3. The molecule has 1 aromatic heterocycles. The second-order valence-corrected chi connectivity index (χ2v) is 5.23. The molecule has 2 aromatic rings. The van der Waals surface area contributed by atoms with Crippen LogP contribution in [0, 0.1) is 0 Å². The summed E-state index contributed by atoms with van der Waals surface area (Å²) in [5, 5.41) is 14.2. The summed E-state index contributed by atoms with van der Waals surface area (Å²) in [6.07, 6.45) is 3.06. The number of methoxy groups -OCH3 is 2. The van der Waals surface area contributed by atoms with Crippen LogP contribution in [0.4, 0.5) is 0 Å². The molecule has 0 aliphatic rings. The number of hydrogen-bond acceptors (Lipinski definition) is 5. The van der Waals surface area contributed by atoms with Crippen LogP contribution >= 0.6 is 0 Å². The van der Waals surface area contributed by atoms with E-state index < -0.39 is 6.10 Å². The van der Waals surface area contributed by atoms with Gasteiger partial charge in [-0.15, -0.1) is 0 Å². The molecular weight excluding hydrogens is 282 g/mol. The Hall–Kier alpha value is -2.05. The third kappa shape index (κ3) is 4.22. The molecule has 0 saturated heterocycles. The lowest BCUT2D eigenvalue weighted by Gasteiger charge is -2.22. The van der Waals surface area contributed by atoms with Crippen molar-refractivity contribution in [1.29, 1.82) is 0 Å². The molecule has 6 heteroatoms. The van der Waals surface area contributed by atoms with Crippen LogP contribution in [-0.2, 0) is 13.1 Å². The van der Waals surface area contributed by atoms with Gasteiger partial charge in [0.1, 0.15) is 0 Å². The summed E-state index contributed by atoms with van der Waals surface area (Å²) in [7, 11) is 5.22.